The maximum Gasteiger partial charge on any atom is 0.112 e. The molecular weight excluding hydrogens is 221 g/mol. The molecule has 1 heterocycles. The summed E-state index contributed by atoms with van der Waals surface area (Å²) in [6.45, 7) is 0. The molecular formula is C5HBrClNS. The van der Waals surface area contributed by atoms with Crippen molar-refractivity contribution in [2.24, 2.45) is 0 Å². The van der Waals surface area contributed by atoms with E-state index in [4.69, 9.17) is 16.9 Å². The van der Waals surface area contributed by atoms with Gasteiger partial charge in [-0.3, -0.25) is 0 Å². The van der Waals surface area contributed by atoms with Crippen molar-refractivity contribution in [2.45, 2.75) is 0 Å². The van der Waals surface area contributed by atoms with E-state index in [0.717, 1.165) is 3.79 Å². The average Bonchev–Trinajstić information content (AvgIpc) is 2.10. The molecule has 0 aliphatic carbocycles. The number of hydrogen-bond acceptors (Lipinski definition) is 2. The fraction of sp³-hybridized carbons (Fsp3) is 0. The van der Waals surface area contributed by atoms with Crippen molar-refractivity contribution in [1.29, 1.82) is 5.26 Å². The quantitative estimate of drug-likeness (QED) is 0.662. The Kier molecular flexibility index (Phi) is 2.12. The van der Waals surface area contributed by atoms with Gasteiger partial charge in [0.05, 0.1) is 9.35 Å². The summed E-state index contributed by atoms with van der Waals surface area (Å²) < 4.78 is 1.44. The maximum atomic E-state index is 8.38. The van der Waals surface area contributed by atoms with Crippen LogP contribution in [0.2, 0.25) is 4.34 Å². The molecule has 0 saturated heterocycles. The Morgan fingerprint density at radius 3 is 2.67 bits per heavy atom. The molecule has 0 fully saturated rings. The zero-order chi connectivity index (χ0) is 6.85. The van der Waals surface area contributed by atoms with E-state index in [2.05, 4.69) is 15.9 Å². The Labute approximate surface area is 70.0 Å². The Balaban J connectivity index is 3.20. The van der Waals surface area contributed by atoms with Gasteiger partial charge in [-0.2, -0.15) is 5.26 Å². The van der Waals surface area contributed by atoms with E-state index in [1.54, 1.807) is 6.07 Å². The first-order valence-electron chi connectivity index (χ1n) is 2.09. The first kappa shape index (κ1) is 7.07. The van der Waals surface area contributed by atoms with E-state index in [1.807, 2.05) is 6.07 Å². The molecule has 0 bridgehead atoms. The lowest BCUT2D eigenvalue weighted by atomic mass is 10.4. The van der Waals surface area contributed by atoms with Gasteiger partial charge >= 0.3 is 0 Å². The minimum atomic E-state index is 0.536. The van der Waals surface area contributed by atoms with Crippen LogP contribution >= 0.6 is 38.9 Å². The second-order valence-electron chi connectivity index (χ2n) is 1.35. The van der Waals surface area contributed by atoms with E-state index in [-0.39, 0.29) is 0 Å². The SMILES string of the molecule is N#Cc1cc(Br)sc1Cl. The number of thiophene rings is 1. The highest BCUT2D eigenvalue weighted by Gasteiger charge is 2.02. The molecule has 9 heavy (non-hydrogen) atoms. The molecule has 0 unspecified atom stereocenters. The smallest absolute Gasteiger partial charge is 0.112 e. The zero-order valence-electron chi connectivity index (χ0n) is 4.19. The van der Waals surface area contributed by atoms with Gasteiger partial charge in [-0.25, -0.2) is 0 Å². The number of halogens is 2. The van der Waals surface area contributed by atoms with Gasteiger partial charge < -0.3 is 0 Å². The number of hydrogen-bond donors (Lipinski definition) is 0. The van der Waals surface area contributed by atoms with Crippen LogP contribution in [0.1, 0.15) is 5.56 Å². The molecule has 1 aromatic heterocycles. The van der Waals surface area contributed by atoms with Crippen LogP contribution in [0.15, 0.2) is 9.85 Å². The molecule has 0 aliphatic heterocycles. The van der Waals surface area contributed by atoms with Crippen molar-refractivity contribution < 1.29 is 0 Å². The van der Waals surface area contributed by atoms with Crippen molar-refractivity contribution in [3.8, 4) is 6.07 Å². The third-order valence-corrected chi connectivity index (χ3v) is 2.64. The van der Waals surface area contributed by atoms with Gasteiger partial charge in [-0.1, -0.05) is 11.6 Å². The summed E-state index contributed by atoms with van der Waals surface area (Å²) in [4.78, 5) is 0. The largest absolute Gasteiger partial charge is 0.192 e. The third kappa shape index (κ3) is 1.45. The lowest BCUT2D eigenvalue weighted by Crippen LogP contribution is -1.60. The van der Waals surface area contributed by atoms with Gasteiger partial charge in [0.15, 0.2) is 0 Å². The summed E-state index contributed by atoms with van der Waals surface area (Å²) in [5, 5.41) is 8.38. The van der Waals surface area contributed by atoms with Crippen LogP contribution in [-0.4, -0.2) is 0 Å². The molecule has 0 saturated carbocycles. The van der Waals surface area contributed by atoms with Crippen LogP contribution in [0.25, 0.3) is 0 Å². The van der Waals surface area contributed by atoms with E-state index >= 15 is 0 Å². The molecule has 0 aliphatic rings. The predicted molar refractivity (Wildman–Crippen MR) is 41.7 cm³/mol. The maximum absolute atomic E-state index is 8.38. The van der Waals surface area contributed by atoms with E-state index in [1.165, 1.54) is 11.3 Å². The average molecular weight is 222 g/mol. The van der Waals surface area contributed by atoms with Crippen molar-refractivity contribution in [2.75, 3.05) is 0 Å². The van der Waals surface area contributed by atoms with E-state index in [9.17, 15) is 0 Å². The molecule has 0 atom stereocenters. The highest BCUT2D eigenvalue weighted by molar-refractivity contribution is 9.11. The lowest BCUT2D eigenvalue weighted by molar-refractivity contribution is 1.51. The van der Waals surface area contributed by atoms with Gasteiger partial charge in [0.2, 0.25) is 0 Å². The van der Waals surface area contributed by atoms with Gasteiger partial charge in [-0.15, -0.1) is 11.3 Å². The molecule has 0 radical (unpaired) electrons. The summed E-state index contributed by atoms with van der Waals surface area (Å²) >= 11 is 10.2. The first-order chi connectivity index (χ1) is 4.24. The highest BCUT2D eigenvalue weighted by Crippen LogP contribution is 2.30. The van der Waals surface area contributed by atoms with Crippen LogP contribution in [-0.2, 0) is 0 Å². The fourth-order valence-electron chi connectivity index (χ4n) is 0.416. The van der Waals surface area contributed by atoms with Crippen molar-refractivity contribution in [3.63, 3.8) is 0 Å². The predicted octanol–water partition coefficient (Wildman–Crippen LogP) is 3.04. The number of nitrogens with zero attached hydrogens (tertiary/aromatic N) is 1. The van der Waals surface area contributed by atoms with E-state index < -0.39 is 0 Å². The van der Waals surface area contributed by atoms with Gasteiger partial charge in [0.1, 0.15) is 10.4 Å². The second kappa shape index (κ2) is 2.70. The third-order valence-electron chi connectivity index (χ3n) is 0.777. The van der Waals surface area contributed by atoms with Crippen molar-refractivity contribution >= 4 is 38.9 Å². The van der Waals surface area contributed by atoms with Crippen LogP contribution in [0.5, 0.6) is 0 Å². The molecule has 1 aromatic rings. The topological polar surface area (TPSA) is 23.8 Å². The molecule has 0 amide bonds. The van der Waals surface area contributed by atoms with Crippen molar-refractivity contribution in [1.82, 2.24) is 0 Å². The molecule has 1 nitrogen and oxygen atoms in total. The Morgan fingerprint density at radius 1 is 1.78 bits per heavy atom. The van der Waals surface area contributed by atoms with Crippen molar-refractivity contribution in [3.05, 3.63) is 19.8 Å². The monoisotopic (exact) mass is 221 g/mol. The molecule has 0 aromatic carbocycles. The summed E-state index contributed by atoms with van der Waals surface area (Å²) in [7, 11) is 0. The normalized spacial score (nSPS) is 9.00. The highest BCUT2D eigenvalue weighted by atomic mass is 79.9. The van der Waals surface area contributed by atoms with Crippen LogP contribution in [0.3, 0.4) is 0 Å². The van der Waals surface area contributed by atoms with E-state index in [0.29, 0.717) is 9.90 Å². The van der Waals surface area contributed by atoms with Gasteiger partial charge in [-0.05, 0) is 22.0 Å². The molecule has 0 spiro atoms. The fourth-order valence-corrected chi connectivity index (χ4v) is 2.32. The minimum Gasteiger partial charge on any atom is -0.192 e. The summed E-state index contributed by atoms with van der Waals surface area (Å²) in [6, 6.07) is 3.67. The second-order valence-corrected chi connectivity index (χ2v) is 4.38. The number of nitriles is 1. The lowest BCUT2D eigenvalue weighted by Gasteiger charge is -1.73. The van der Waals surface area contributed by atoms with Gasteiger partial charge in [0, 0.05) is 0 Å². The zero-order valence-corrected chi connectivity index (χ0v) is 7.35. The Hall–Kier alpha value is -0.0400. The Bertz CT molecular complexity index is 262. The summed E-state index contributed by atoms with van der Waals surface area (Å²) in [6.07, 6.45) is 0. The molecule has 0 N–H and O–H groups in total. The summed E-state index contributed by atoms with van der Waals surface area (Å²) in [5.41, 5.74) is 0.536. The van der Waals surface area contributed by atoms with Crippen LogP contribution in [0.4, 0.5) is 0 Å². The van der Waals surface area contributed by atoms with Crippen LogP contribution in [0, 0.1) is 11.3 Å². The molecule has 4 heteroatoms. The summed E-state index contributed by atoms with van der Waals surface area (Å²) in [5.74, 6) is 0. The first-order valence-corrected chi connectivity index (χ1v) is 4.07. The van der Waals surface area contributed by atoms with Crippen LogP contribution < -0.4 is 0 Å². The van der Waals surface area contributed by atoms with Gasteiger partial charge in [0.25, 0.3) is 0 Å². The molecule has 1 rings (SSSR count). The standard InChI is InChI=1S/C5HBrClNS/c6-4-1-3(2-8)5(7)9-4/h1H. The molecule has 46 valence electrons. The Morgan fingerprint density at radius 2 is 2.44 bits per heavy atom. The minimum absolute atomic E-state index is 0.536. The number of rotatable bonds is 0.